The van der Waals surface area contributed by atoms with Crippen LogP contribution in [0.1, 0.15) is 40.0 Å². The van der Waals surface area contributed by atoms with E-state index in [4.69, 9.17) is 5.73 Å². The van der Waals surface area contributed by atoms with Gasteiger partial charge >= 0.3 is 0 Å². The summed E-state index contributed by atoms with van der Waals surface area (Å²) < 4.78 is 0. The molecule has 3 nitrogen and oxygen atoms in total. The van der Waals surface area contributed by atoms with Gasteiger partial charge in [-0.25, -0.2) is 0 Å². The van der Waals surface area contributed by atoms with Gasteiger partial charge in [-0.15, -0.1) is 0 Å². The molecule has 1 heterocycles. The summed E-state index contributed by atoms with van der Waals surface area (Å²) in [7, 11) is 2.11. The lowest BCUT2D eigenvalue weighted by Gasteiger charge is -2.45. The van der Waals surface area contributed by atoms with Gasteiger partial charge in [0.15, 0.2) is 0 Å². The van der Waals surface area contributed by atoms with Crippen LogP contribution in [0.4, 0.5) is 0 Å². The minimum atomic E-state index is -0.702. The van der Waals surface area contributed by atoms with Crippen molar-refractivity contribution in [1.29, 1.82) is 0 Å². The molecular formula is C12H26N2O. The van der Waals surface area contributed by atoms with Crippen molar-refractivity contribution in [3.05, 3.63) is 0 Å². The van der Waals surface area contributed by atoms with Crippen LogP contribution < -0.4 is 5.73 Å². The monoisotopic (exact) mass is 214 g/mol. The molecule has 3 heteroatoms. The Labute approximate surface area is 93.6 Å². The number of hydrogen-bond donors (Lipinski definition) is 2. The molecule has 1 rings (SSSR count). The first-order valence-electron chi connectivity index (χ1n) is 5.99. The third kappa shape index (κ3) is 2.52. The number of rotatable bonds is 2. The van der Waals surface area contributed by atoms with Crippen molar-refractivity contribution < 1.29 is 5.11 Å². The Bertz CT molecular complexity index is 216. The second kappa shape index (κ2) is 4.40. The maximum Gasteiger partial charge on any atom is 0.0838 e. The molecule has 0 saturated carbocycles. The zero-order chi connectivity index (χ0) is 11.7. The molecule has 1 aliphatic heterocycles. The third-order valence-corrected chi connectivity index (χ3v) is 4.24. The van der Waals surface area contributed by atoms with Gasteiger partial charge in [-0.3, -0.25) is 0 Å². The first kappa shape index (κ1) is 12.9. The van der Waals surface area contributed by atoms with E-state index in [-0.39, 0.29) is 0 Å². The number of likely N-dealkylation sites (tertiary alicyclic amines) is 1. The number of hydrogen-bond acceptors (Lipinski definition) is 3. The lowest BCUT2D eigenvalue weighted by atomic mass is 9.70. The molecule has 2 unspecified atom stereocenters. The van der Waals surface area contributed by atoms with E-state index in [0.717, 1.165) is 32.4 Å². The first-order valence-corrected chi connectivity index (χ1v) is 5.99. The zero-order valence-corrected chi connectivity index (χ0v) is 10.6. The molecule has 0 aromatic rings. The van der Waals surface area contributed by atoms with E-state index in [9.17, 15) is 5.11 Å². The van der Waals surface area contributed by atoms with Gasteiger partial charge in [0.1, 0.15) is 0 Å². The fourth-order valence-electron chi connectivity index (χ4n) is 2.33. The van der Waals surface area contributed by atoms with Gasteiger partial charge in [-0.05, 0) is 45.7 Å². The summed E-state index contributed by atoms with van der Waals surface area (Å²) in [6.07, 6.45) is 2.64. The third-order valence-electron chi connectivity index (χ3n) is 4.24. The molecule has 0 radical (unpaired) electrons. The van der Waals surface area contributed by atoms with Crippen LogP contribution in [0.15, 0.2) is 0 Å². The summed E-state index contributed by atoms with van der Waals surface area (Å²) in [5, 5.41) is 10.7. The highest BCUT2D eigenvalue weighted by atomic mass is 16.3. The zero-order valence-electron chi connectivity index (χ0n) is 10.6. The molecule has 3 N–H and O–H groups in total. The van der Waals surface area contributed by atoms with E-state index in [0.29, 0.717) is 5.92 Å². The van der Waals surface area contributed by atoms with Crippen LogP contribution in [0, 0.1) is 5.92 Å². The van der Waals surface area contributed by atoms with Gasteiger partial charge in [0, 0.05) is 12.1 Å². The van der Waals surface area contributed by atoms with E-state index in [1.165, 1.54) is 0 Å². The van der Waals surface area contributed by atoms with Crippen molar-refractivity contribution >= 4 is 0 Å². The average molecular weight is 214 g/mol. The summed E-state index contributed by atoms with van der Waals surface area (Å²) in [6.45, 7) is 8.18. The molecule has 1 fully saturated rings. The Hall–Kier alpha value is -0.120. The smallest absolute Gasteiger partial charge is 0.0838 e. The van der Waals surface area contributed by atoms with Gasteiger partial charge in [-0.1, -0.05) is 13.8 Å². The quantitative estimate of drug-likeness (QED) is 0.726. The van der Waals surface area contributed by atoms with Crippen molar-refractivity contribution in [3.8, 4) is 0 Å². The van der Waals surface area contributed by atoms with Crippen LogP contribution in [0.2, 0.25) is 0 Å². The second-order valence-electron chi connectivity index (χ2n) is 5.63. The topological polar surface area (TPSA) is 49.5 Å². The molecule has 90 valence electrons. The predicted molar refractivity (Wildman–Crippen MR) is 63.7 cm³/mol. The van der Waals surface area contributed by atoms with Crippen LogP contribution in [0.25, 0.3) is 0 Å². The number of aliphatic hydroxyl groups is 1. The van der Waals surface area contributed by atoms with Crippen LogP contribution in [0.3, 0.4) is 0 Å². The standard InChI is InChI=1S/C12H26N2O/c1-10(2)11(3,13)12(15)6-5-8-14(4)9-7-12/h10,15H,5-9,13H2,1-4H3. The lowest BCUT2D eigenvalue weighted by molar-refractivity contribution is -0.0585. The predicted octanol–water partition coefficient (Wildman–Crippen LogP) is 1.21. The lowest BCUT2D eigenvalue weighted by Crippen LogP contribution is -2.62. The summed E-state index contributed by atoms with van der Waals surface area (Å²) >= 11 is 0. The fraction of sp³-hybridized carbons (Fsp3) is 1.00. The molecule has 0 amide bonds. The summed E-state index contributed by atoms with van der Waals surface area (Å²) in [6, 6.07) is 0. The molecule has 0 aromatic heterocycles. The van der Waals surface area contributed by atoms with Gasteiger partial charge in [0.2, 0.25) is 0 Å². The summed E-state index contributed by atoms with van der Waals surface area (Å²) in [5.41, 5.74) is 5.12. The molecule has 0 aliphatic carbocycles. The minimum absolute atomic E-state index is 0.297. The molecule has 1 aliphatic rings. The van der Waals surface area contributed by atoms with E-state index >= 15 is 0 Å². The molecular weight excluding hydrogens is 188 g/mol. The SMILES string of the molecule is CC(C)C(C)(N)C1(O)CCCN(C)CC1. The Morgan fingerprint density at radius 1 is 1.33 bits per heavy atom. The highest BCUT2D eigenvalue weighted by Crippen LogP contribution is 2.35. The molecule has 0 spiro atoms. The maximum absolute atomic E-state index is 10.7. The van der Waals surface area contributed by atoms with Crippen LogP contribution >= 0.6 is 0 Å². The highest BCUT2D eigenvalue weighted by molar-refractivity contribution is 5.03. The first-order chi connectivity index (χ1) is 6.79. The van der Waals surface area contributed by atoms with E-state index < -0.39 is 11.1 Å². The van der Waals surface area contributed by atoms with Crippen molar-refractivity contribution in [2.24, 2.45) is 11.7 Å². The highest BCUT2D eigenvalue weighted by Gasteiger charge is 2.46. The Kier molecular flexibility index (Phi) is 3.80. The van der Waals surface area contributed by atoms with Gasteiger partial charge in [0.25, 0.3) is 0 Å². The van der Waals surface area contributed by atoms with Crippen molar-refractivity contribution in [1.82, 2.24) is 4.90 Å². The Morgan fingerprint density at radius 3 is 2.47 bits per heavy atom. The van der Waals surface area contributed by atoms with Crippen LogP contribution in [-0.4, -0.2) is 41.3 Å². The average Bonchev–Trinajstić information content (AvgIpc) is 2.29. The molecule has 0 bridgehead atoms. The molecule has 15 heavy (non-hydrogen) atoms. The summed E-state index contributed by atoms with van der Waals surface area (Å²) in [5.74, 6) is 0.297. The fourth-order valence-corrected chi connectivity index (χ4v) is 2.33. The van der Waals surface area contributed by atoms with Gasteiger partial charge in [0.05, 0.1) is 5.60 Å². The van der Waals surface area contributed by atoms with E-state index in [1.54, 1.807) is 0 Å². The second-order valence-corrected chi connectivity index (χ2v) is 5.63. The van der Waals surface area contributed by atoms with E-state index in [1.807, 2.05) is 6.92 Å². The summed E-state index contributed by atoms with van der Waals surface area (Å²) in [4.78, 5) is 2.27. The molecule has 1 saturated heterocycles. The van der Waals surface area contributed by atoms with Crippen LogP contribution in [0.5, 0.6) is 0 Å². The van der Waals surface area contributed by atoms with Crippen molar-refractivity contribution in [2.75, 3.05) is 20.1 Å². The number of nitrogens with zero attached hydrogens (tertiary/aromatic N) is 1. The molecule has 0 aromatic carbocycles. The maximum atomic E-state index is 10.7. The van der Waals surface area contributed by atoms with Crippen molar-refractivity contribution in [3.63, 3.8) is 0 Å². The minimum Gasteiger partial charge on any atom is -0.388 e. The normalized spacial score (nSPS) is 33.8. The van der Waals surface area contributed by atoms with Gasteiger partial charge < -0.3 is 15.7 Å². The van der Waals surface area contributed by atoms with E-state index in [2.05, 4.69) is 25.8 Å². The molecule has 2 atom stereocenters. The van der Waals surface area contributed by atoms with Crippen LogP contribution in [-0.2, 0) is 0 Å². The van der Waals surface area contributed by atoms with Gasteiger partial charge in [-0.2, -0.15) is 0 Å². The van der Waals surface area contributed by atoms with Crippen molar-refractivity contribution in [2.45, 2.75) is 51.2 Å². The largest absolute Gasteiger partial charge is 0.388 e. The number of nitrogens with two attached hydrogens (primary N) is 1. The Morgan fingerprint density at radius 2 is 1.93 bits per heavy atom. The Balaban J connectivity index is 2.80.